The standard InChI is InChI=1S/C19H16N4OS/c20-12-22-9-14-7-4-8-16(15(14)10-22)23-17(18(21)24)11-25-19(23)13-5-2-1-3-6-13/h1-8,11,19H,9-10H2,(H2,21,24). The molecule has 0 radical (unpaired) electrons. The first-order chi connectivity index (χ1) is 12.2. The summed E-state index contributed by atoms with van der Waals surface area (Å²) in [5.74, 6) is -0.446. The number of nitriles is 1. The molecule has 2 N–H and O–H groups in total. The molecule has 25 heavy (non-hydrogen) atoms. The molecule has 0 bridgehead atoms. The van der Waals surface area contributed by atoms with E-state index in [-0.39, 0.29) is 5.37 Å². The molecule has 124 valence electrons. The molecule has 0 saturated carbocycles. The molecule has 0 aromatic heterocycles. The van der Waals surface area contributed by atoms with Crippen LogP contribution in [-0.2, 0) is 17.9 Å². The van der Waals surface area contributed by atoms with Crippen molar-refractivity contribution in [2.45, 2.75) is 18.5 Å². The SMILES string of the molecule is N#CN1Cc2cccc(N3C(C(N)=O)=CSC3c3ccccc3)c2C1. The van der Waals surface area contributed by atoms with Crippen LogP contribution >= 0.6 is 11.8 Å². The summed E-state index contributed by atoms with van der Waals surface area (Å²) in [5.41, 5.74) is 10.4. The Bertz CT molecular complexity index is 903. The summed E-state index contributed by atoms with van der Waals surface area (Å²) in [7, 11) is 0. The van der Waals surface area contributed by atoms with Crippen molar-refractivity contribution in [3.8, 4) is 6.19 Å². The third kappa shape index (κ3) is 2.63. The number of benzene rings is 2. The van der Waals surface area contributed by atoms with Crippen LogP contribution in [0.1, 0.15) is 22.1 Å². The maximum Gasteiger partial charge on any atom is 0.265 e. The summed E-state index contributed by atoms with van der Waals surface area (Å²) < 4.78 is 0. The quantitative estimate of drug-likeness (QED) is 0.863. The maximum absolute atomic E-state index is 12.0. The van der Waals surface area contributed by atoms with E-state index >= 15 is 0 Å². The molecule has 1 amide bonds. The van der Waals surface area contributed by atoms with Crippen molar-refractivity contribution in [2.24, 2.45) is 5.73 Å². The zero-order valence-electron chi connectivity index (χ0n) is 13.4. The van der Waals surface area contributed by atoms with Gasteiger partial charge in [-0.15, -0.1) is 11.8 Å². The second kappa shape index (κ2) is 6.19. The summed E-state index contributed by atoms with van der Waals surface area (Å²) in [6.45, 7) is 1.16. The molecule has 1 unspecified atom stereocenters. The highest BCUT2D eigenvalue weighted by Crippen LogP contribution is 2.47. The van der Waals surface area contributed by atoms with Gasteiger partial charge < -0.3 is 15.5 Å². The van der Waals surface area contributed by atoms with Gasteiger partial charge in [0.05, 0.1) is 13.1 Å². The normalized spacial score (nSPS) is 18.7. The lowest BCUT2D eigenvalue weighted by Gasteiger charge is -2.30. The summed E-state index contributed by atoms with van der Waals surface area (Å²) in [6, 6.07) is 16.1. The number of carbonyl (C=O) groups excluding carboxylic acids is 1. The predicted octanol–water partition coefficient (Wildman–Crippen LogP) is 3.06. The number of anilines is 1. The number of rotatable bonds is 3. The van der Waals surface area contributed by atoms with Gasteiger partial charge in [-0.2, -0.15) is 5.26 Å². The fourth-order valence-corrected chi connectivity index (χ4v) is 4.50. The van der Waals surface area contributed by atoms with E-state index in [4.69, 9.17) is 5.73 Å². The van der Waals surface area contributed by atoms with Gasteiger partial charge in [-0.05, 0) is 17.2 Å². The fraction of sp³-hybridized carbons (Fsp3) is 0.158. The smallest absolute Gasteiger partial charge is 0.265 e. The molecule has 0 aliphatic carbocycles. The number of primary amides is 1. The Morgan fingerprint density at radius 3 is 2.68 bits per heavy atom. The molecular formula is C19H16N4OS. The van der Waals surface area contributed by atoms with Crippen LogP contribution < -0.4 is 10.6 Å². The molecule has 2 aromatic carbocycles. The van der Waals surface area contributed by atoms with E-state index in [0.29, 0.717) is 18.8 Å². The topological polar surface area (TPSA) is 73.4 Å². The van der Waals surface area contributed by atoms with Crippen molar-refractivity contribution in [1.29, 1.82) is 5.26 Å². The first-order valence-electron chi connectivity index (χ1n) is 7.94. The average molecular weight is 348 g/mol. The minimum atomic E-state index is -0.446. The Hall–Kier alpha value is -2.91. The van der Waals surface area contributed by atoms with Gasteiger partial charge in [0.1, 0.15) is 11.1 Å². The minimum Gasteiger partial charge on any atom is -0.364 e. The van der Waals surface area contributed by atoms with Gasteiger partial charge in [-0.1, -0.05) is 42.5 Å². The number of hydrogen-bond donors (Lipinski definition) is 1. The van der Waals surface area contributed by atoms with E-state index in [1.165, 1.54) is 0 Å². The molecule has 0 fully saturated rings. The summed E-state index contributed by atoms with van der Waals surface area (Å²) >= 11 is 1.57. The number of nitrogens with zero attached hydrogens (tertiary/aromatic N) is 3. The van der Waals surface area contributed by atoms with E-state index in [2.05, 4.69) is 6.19 Å². The second-order valence-electron chi connectivity index (χ2n) is 6.01. The number of carbonyl (C=O) groups is 1. The highest BCUT2D eigenvalue weighted by atomic mass is 32.2. The van der Waals surface area contributed by atoms with Crippen LogP contribution in [0, 0.1) is 11.5 Å². The van der Waals surface area contributed by atoms with Crippen LogP contribution in [0.5, 0.6) is 0 Å². The number of nitrogens with two attached hydrogens (primary N) is 1. The fourth-order valence-electron chi connectivity index (χ4n) is 3.35. The first kappa shape index (κ1) is 15.6. The van der Waals surface area contributed by atoms with Crippen LogP contribution in [0.3, 0.4) is 0 Å². The maximum atomic E-state index is 12.0. The van der Waals surface area contributed by atoms with Crippen LogP contribution in [0.25, 0.3) is 0 Å². The molecule has 0 spiro atoms. The van der Waals surface area contributed by atoms with Gasteiger partial charge in [0.2, 0.25) is 0 Å². The Morgan fingerprint density at radius 1 is 1.16 bits per heavy atom. The van der Waals surface area contributed by atoms with E-state index in [9.17, 15) is 10.1 Å². The molecule has 5 nitrogen and oxygen atoms in total. The molecule has 0 saturated heterocycles. The molecule has 4 rings (SSSR count). The van der Waals surface area contributed by atoms with Crippen LogP contribution in [0.4, 0.5) is 5.69 Å². The van der Waals surface area contributed by atoms with Gasteiger partial charge >= 0.3 is 0 Å². The second-order valence-corrected chi connectivity index (χ2v) is 6.96. The van der Waals surface area contributed by atoms with E-state index in [0.717, 1.165) is 22.4 Å². The summed E-state index contributed by atoms with van der Waals surface area (Å²) in [5, 5.41) is 11.0. The molecular weight excluding hydrogens is 332 g/mol. The number of thioether (sulfide) groups is 1. The Balaban J connectivity index is 1.81. The van der Waals surface area contributed by atoms with Gasteiger partial charge in [0.15, 0.2) is 6.19 Å². The minimum absolute atomic E-state index is 0.0497. The van der Waals surface area contributed by atoms with Crippen molar-refractivity contribution in [1.82, 2.24) is 4.90 Å². The molecule has 2 heterocycles. The number of amides is 1. The van der Waals surface area contributed by atoms with Crippen LogP contribution in [0.15, 0.2) is 59.6 Å². The van der Waals surface area contributed by atoms with E-state index < -0.39 is 5.91 Å². The monoisotopic (exact) mass is 348 g/mol. The zero-order chi connectivity index (χ0) is 17.4. The number of fused-ring (bicyclic) bond motifs is 1. The van der Waals surface area contributed by atoms with Crippen LogP contribution in [0.2, 0.25) is 0 Å². The van der Waals surface area contributed by atoms with Crippen molar-refractivity contribution in [3.05, 3.63) is 76.3 Å². The molecule has 2 aliphatic heterocycles. The van der Waals surface area contributed by atoms with Crippen molar-refractivity contribution in [2.75, 3.05) is 4.90 Å². The lowest BCUT2D eigenvalue weighted by atomic mass is 10.1. The Morgan fingerprint density at radius 2 is 1.96 bits per heavy atom. The lowest BCUT2D eigenvalue weighted by Crippen LogP contribution is -2.31. The van der Waals surface area contributed by atoms with E-state index in [1.54, 1.807) is 16.7 Å². The molecule has 2 aromatic rings. The van der Waals surface area contributed by atoms with Gasteiger partial charge in [0.25, 0.3) is 5.91 Å². The third-order valence-electron chi connectivity index (χ3n) is 4.50. The summed E-state index contributed by atoms with van der Waals surface area (Å²) in [4.78, 5) is 15.7. The van der Waals surface area contributed by atoms with Crippen molar-refractivity contribution < 1.29 is 4.79 Å². The highest BCUT2D eigenvalue weighted by molar-refractivity contribution is 8.02. The van der Waals surface area contributed by atoms with Gasteiger partial charge in [-0.25, -0.2) is 0 Å². The predicted molar refractivity (Wildman–Crippen MR) is 97.8 cm³/mol. The van der Waals surface area contributed by atoms with Crippen LogP contribution in [-0.4, -0.2) is 10.8 Å². The third-order valence-corrected chi connectivity index (χ3v) is 5.60. The highest BCUT2D eigenvalue weighted by Gasteiger charge is 2.35. The van der Waals surface area contributed by atoms with Crippen molar-refractivity contribution >= 4 is 23.4 Å². The van der Waals surface area contributed by atoms with Crippen molar-refractivity contribution in [3.63, 3.8) is 0 Å². The molecule has 6 heteroatoms. The largest absolute Gasteiger partial charge is 0.364 e. The van der Waals surface area contributed by atoms with E-state index in [1.807, 2.05) is 58.8 Å². The molecule has 1 atom stereocenters. The number of hydrogen-bond acceptors (Lipinski definition) is 5. The Kier molecular flexibility index (Phi) is 3.86. The molecule has 2 aliphatic rings. The first-order valence-corrected chi connectivity index (χ1v) is 8.88. The van der Waals surface area contributed by atoms with Gasteiger partial charge in [0, 0.05) is 16.7 Å². The average Bonchev–Trinajstić information content (AvgIpc) is 3.26. The summed E-state index contributed by atoms with van der Waals surface area (Å²) in [6.07, 6.45) is 2.21. The lowest BCUT2D eigenvalue weighted by molar-refractivity contribution is -0.114. The Labute approximate surface area is 150 Å². The zero-order valence-corrected chi connectivity index (χ0v) is 14.2. The van der Waals surface area contributed by atoms with Gasteiger partial charge in [-0.3, -0.25) is 4.79 Å².